The fraction of sp³-hybridized carbons (Fsp3) is 0.222. The van der Waals surface area contributed by atoms with Crippen molar-refractivity contribution in [3.8, 4) is 5.75 Å². The van der Waals surface area contributed by atoms with Gasteiger partial charge in [0.25, 0.3) is 0 Å². The molecule has 98 valence electrons. The monoisotopic (exact) mass is 262 g/mol. The minimum Gasteiger partial charge on any atom is -0.488 e. The van der Waals surface area contributed by atoms with Crippen molar-refractivity contribution in [2.75, 3.05) is 6.61 Å². The van der Waals surface area contributed by atoms with Crippen molar-refractivity contribution in [2.24, 2.45) is 5.73 Å². The van der Waals surface area contributed by atoms with Gasteiger partial charge in [0.2, 0.25) is 5.82 Å². The first kappa shape index (κ1) is 13.8. The molecule has 7 nitrogen and oxygen atoms in total. The van der Waals surface area contributed by atoms with E-state index in [-0.39, 0.29) is 0 Å². The Hall–Kier alpha value is -2.29. The summed E-state index contributed by atoms with van der Waals surface area (Å²) in [7, 11) is 0. The summed E-state index contributed by atoms with van der Waals surface area (Å²) >= 11 is 0. The Morgan fingerprint density at radius 1 is 1.50 bits per heavy atom. The third-order valence-corrected chi connectivity index (χ3v) is 1.93. The molecular formula is C9H8F2N2O5. The van der Waals surface area contributed by atoms with E-state index < -0.39 is 46.6 Å². The Kier molecular flexibility index (Phi) is 4.10. The summed E-state index contributed by atoms with van der Waals surface area (Å²) in [5.74, 6) is -4.49. The van der Waals surface area contributed by atoms with Crippen LogP contribution in [0.4, 0.5) is 14.5 Å². The lowest BCUT2D eigenvalue weighted by Gasteiger charge is -2.10. The van der Waals surface area contributed by atoms with Crippen molar-refractivity contribution < 1.29 is 28.3 Å². The predicted molar refractivity (Wildman–Crippen MR) is 54.1 cm³/mol. The minimum atomic E-state index is -1.41. The van der Waals surface area contributed by atoms with Crippen molar-refractivity contribution in [2.45, 2.75) is 6.04 Å². The highest BCUT2D eigenvalue weighted by Crippen LogP contribution is 2.26. The second-order valence-electron chi connectivity index (χ2n) is 3.25. The molecule has 9 heteroatoms. The van der Waals surface area contributed by atoms with Crippen LogP contribution in [0.2, 0.25) is 0 Å². The second kappa shape index (κ2) is 5.36. The topological polar surface area (TPSA) is 116 Å². The van der Waals surface area contributed by atoms with Crippen LogP contribution in [0.15, 0.2) is 12.1 Å². The molecule has 0 amide bonds. The van der Waals surface area contributed by atoms with Gasteiger partial charge < -0.3 is 15.6 Å². The molecule has 18 heavy (non-hydrogen) atoms. The summed E-state index contributed by atoms with van der Waals surface area (Å²) in [5, 5.41) is 18.7. The lowest BCUT2D eigenvalue weighted by atomic mass is 10.2. The van der Waals surface area contributed by atoms with Crippen LogP contribution in [0.25, 0.3) is 0 Å². The summed E-state index contributed by atoms with van der Waals surface area (Å²) in [5.41, 5.74) is 4.04. The van der Waals surface area contributed by atoms with Crippen LogP contribution < -0.4 is 10.5 Å². The molecule has 0 saturated carbocycles. The summed E-state index contributed by atoms with van der Waals surface area (Å²) in [6, 6.07) is -0.610. The van der Waals surface area contributed by atoms with Crippen LogP contribution in [0, 0.1) is 21.7 Å². The van der Waals surface area contributed by atoms with E-state index in [4.69, 9.17) is 10.8 Å². The van der Waals surface area contributed by atoms with Crippen LogP contribution >= 0.6 is 0 Å². The first-order chi connectivity index (χ1) is 8.32. The molecule has 0 heterocycles. The lowest BCUT2D eigenvalue weighted by molar-refractivity contribution is -0.387. The number of rotatable bonds is 5. The number of carbonyl (C=O) groups is 1. The number of nitro benzene ring substituents is 1. The van der Waals surface area contributed by atoms with Gasteiger partial charge in [-0.25, -0.2) is 4.39 Å². The Morgan fingerprint density at radius 3 is 2.61 bits per heavy atom. The maximum absolute atomic E-state index is 13.3. The number of aliphatic carboxylic acids is 1. The highest BCUT2D eigenvalue weighted by atomic mass is 19.1. The molecule has 1 aromatic carbocycles. The highest BCUT2D eigenvalue weighted by Gasteiger charge is 2.20. The maximum Gasteiger partial charge on any atom is 0.324 e. The minimum absolute atomic E-state index is 0.344. The highest BCUT2D eigenvalue weighted by molar-refractivity contribution is 5.73. The van der Waals surface area contributed by atoms with Gasteiger partial charge >= 0.3 is 11.7 Å². The van der Waals surface area contributed by atoms with Crippen molar-refractivity contribution >= 4 is 11.7 Å². The number of carboxylic acid groups (broad SMARTS) is 1. The first-order valence-corrected chi connectivity index (χ1v) is 4.57. The van der Waals surface area contributed by atoms with E-state index in [9.17, 15) is 23.7 Å². The Labute approximate surface area is 98.9 Å². The molecule has 3 N–H and O–H groups in total. The Bertz CT molecular complexity index is 494. The molecule has 1 rings (SSSR count). The van der Waals surface area contributed by atoms with Crippen LogP contribution in [-0.4, -0.2) is 28.6 Å². The number of halogens is 2. The fourth-order valence-corrected chi connectivity index (χ4v) is 1.02. The van der Waals surface area contributed by atoms with Gasteiger partial charge in [-0.2, -0.15) is 4.39 Å². The molecule has 0 fully saturated rings. The third-order valence-electron chi connectivity index (χ3n) is 1.93. The van der Waals surface area contributed by atoms with E-state index >= 15 is 0 Å². The van der Waals surface area contributed by atoms with Gasteiger partial charge in [-0.15, -0.1) is 0 Å². The number of hydrogen-bond donors (Lipinski definition) is 2. The van der Waals surface area contributed by atoms with Crippen molar-refractivity contribution in [1.29, 1.82) is 0 Å². The molecule has 1 unspecified atom stereocenters. The zero-order valence-electron chi connectivity index (χ0n) is 8.80. The van der Waals surface area contributed by atoms with Gasteiger partial charge in [0.15, 0.2) is 11.6 Å². The van der Waals surface area contributed by atoms with Crippen molar-refractivity contribution in [3.05, 3.63) is 33.9 Å². The molecule has 0 spiro atoms. The average molecular weight is 262 g/mol. The van der Waals surface area contributed by atoms with Crippen molar-refractivity contribution in [3.63, 3.8) is 0 Å². The van der Waals surface area contributed by atoms with Gasteiger partial charge in [0.1, 0.15) is 12.6 Å². The zero-order valence-corrected chi connectivity index (χ0v) is 8.80. The number of nitrogens with two attached hydrogens (primary N) is 1. The number of nitro groups is 1. The number of nitrogens with zero attached hydrogens (tertiary/aromatic N) is 1. The third kappa shape index (κ3) is 3.10. The molecule has 0 aromatic heterocycles. The van der Waals surface area contributed by atoms with E-state index in [1.807, 2.05) is 0 Å². The summed E-state index contributed by atoms with van der Waals surface area (Å²) < 4.78 is 31.0. The molecular weight excluding hydrogens is 254 g/mol. The van der Waals surface area contributed by atoms with E-state index in [0.29, 0.717) is 12.1 Å². The molecule has 0 bridgehead atoms. The van der Waals surface area contributed by atoms with Crippen LogP contribution in [0.1, 0.15) is 0 Å². The Morgan fingerprint density at radius 2 is 2.11 bits per heavy atom. The number of ether oxygens (including phenoxy) is 1. The van der Waals surface area contributed by atoms with Crippen LogP contribution in [0.5, 0.6) is 5.75 Å². The molecule has 0 aliphatic heterocycles. The number of carboxylic acids is 1. The van der Waals surface area contributed by atoms with Gasteiger partial charge in [-0.05, 0) is 0 Å². The quantitative estimate of drug-likeness (QED) is 0.595. The molecule has 1 atom stereocenters. The average Bonchev–Trinajstić information content (AvgIpc) is 2.28. The van der Waals surface area contributed by atoms with Gasteiger partial charge in [-0.3, -0.25) is 14.9 Å². The zero-order chi connectivity index (χ0) is 13.9. The van der Waals surface area contributed by atoms with E-state index in [1.165, 1.54) is 0 Å². The smallest absolute Gasteiger partial charge is 0.324 e. The van der Waals surface area contributed by atoms with Crippen LogP contribution in [-0.2, 0) is 4.79 Å². The maximum atomic E-state index is 13.3. The Balaban J connectivity index is 2.88. The molecule has 1 aromatic rings. The van der Waals surface area contributed by atoms with Crippen molar-refractivity contribution in [1.82, 2.24) is 0 Å². The number of hydrogen-bond acceptors (Lipinski definition) is 5. The van der Waals surface area contributed by atoms with E-state index in [2.05, 4.69) is 4.74 Å². The summed E-state index contributed by atoms with van der Waals surface area (Å²) in [4.78, 5) is 19.6. The standard InChI is InChI=1S/C9H8F2N2O5/c10-4-2-8(18-3-6(12)9(14)15)5(11)1-7(4)13(16)17/h1-2,6H,3,12H2,(H,14,15). The predicted octanol–water partition coefficient (Wildman–Crippen LogP) is 0.664. The van der Waals surface area contributed by atoms with Gasteiger partial charge in [0.05, 0.1) is 11.0 Å². The summed E-state index contributed by atoms with van der Waals surface area (Å²) in [6.07, 6.45) is 0. The number of benzene rings is 1. The van der Waals surface area contributed by atoms with Gasteiger partial charge in [-0.1, -0.05) is 0 Å². The summed E-state index contributed by atoms with van der Waals surface area (Å²) in [6.45, 7) is -0.594. The van der Waals surface area contributed by atoms with E-state index in [0.717, 1.165) is 0 Å². The first-order valence-electron chi connectivity index (χ1n) is 4.57. The van der Waals surface area contributed by atoms with E-state index in [1.54, 1.807) is 0 Å². The van der Waals surface area contributed by atoms with Crippen LogP contribution in [0.3, 0.4) is 0 Å². The molecule has 0 saturated heterocycles. The SMILES string of the molecule is NC(COc1cc(F)c([N+](=O)[O-])cc1F)C(=O)O. The second-order valence-corrected chi connectivity index (χ2v) is 3.25. The lowest BCUT2D eigenvalue weighted by Crippen LogP contribution is -2.36. The molecule has 0 aliphatic carbocycles. The fourth-order valence-electron chi connectivity index (χ4n) is 1.02. The van der Waals surface area contributed by atoms with Gasteiger partial charge in [0, 0.05) is 6.07 Å². The normalized spacial score (nSPS) is 11.9. The molecule has 0 aliphatic rings. The molecule has 0 radical (unpaired) electrons. The largest absolute Gasteiger partial charge is 0.488 e.